The molecule has 1 amide bonds. The Labute approximate surface area is 209 Å². The number of thiophene rings is 1. The van der Waals surface area contributed by atoms with Crippen LogP contribution in [-0.2, 0) is 0 Å². The van der Waals surface area contributed by atoms with Crippen LogP contribution in [-0.4, -0.2) is 24.7 Å². The lowest BCUT2D eigenvalue weighted by Crippen LogP contribution is -2.17. The highest BCUT2D eigenvalue weighted by Crippen LogP contribution is 2.37. The topological polar surface area (TPSA) is 77.0 Å². The molecular weight excluding hydrogens is 495 g/mol. The van der Waals surface area contributed by atoms with Crippen LogP contribution in [0.5, 0.6) is 11.5 Å². The third-order valence-electron chi connectivity index (χ3n) is 4.68. The number of benzene rings is 3. The molecule has 6 nitrogen and oxygen atoms in total. The second kappa shape index (κ2) is 10.7. The summed E-state index contributed by atoms with van der Waals surface area (Å²) in [6.07, 6.45) is 1.46. The minimum atomic E-state index is -0.566. The van der Waals surface area contributed by atoms with Crippen molar-refractivity contribution in [2.45, 2.75) is 6.92 Å². The van der Waals surface area contributed by atoms with Crippen LogP contribution in [0.2, 0.25) is 10.0 Å². The van der Waals surface area contributed by atoms with Gasteiger partial charge in [0.2, 0.25) is 0 Å². The van der Waals surface area contributed by atoms with Crippen molar-refractivity contribution in [2.75, 3.05) is 6.61 Å². The lowest BCUT2D eigenvalue weighted by Gasteiger charge is -2.11. The average Bonchev–Trinajstić information content (AvgIpc) is 3.18. The molecule has 0 atom stereocenters. The van der Waals surface area contributed by atoms with E-state index in [0.29, 0.717) is 38.4 Å². The van der Waals surface area contributed by atoms with E-state index < -0.39 is 5.97 Å². The summed E-state index contributed by atoms with van der Waals surface area (Å²) < 4.78 is 12.1. The summed E-state index contributed by atoms with van der Waals surface area (Å²) in [4.78, 5) is 25.3. The van der Waals surface area contributed by atoms with E-state index in [1.807, 2.05) is 31.2 Å². The molecule has 9 heteroatoms. The lowest BCUT2D eigenvalue weighted by atomic mass is 10.2. The van der Waals surface area contributed by atoms with Gasteiger partial charge in [-0.25, -0.2) is 10.2 Å². The lowest BCUT2D eigenvalue weighted by molar-refractivity contribution is 0.0733. The number of esters is 1. The number of carbonyl (C=O) groups excluding carboxylic acids is 2. The van der Waals surface area contributed by atoms with E-state index >= 15 is 0 Å². The van der Waals surface area contributed by atoms with E-state index in [0.717, 1.165) is 10.1 Å². The molecule has 0 aliphatic rings. The molecule has 0 radical (unpaired) electrons. The van der Waals surface area contributed by atoms with Crippen molar-refractivity contribution in [3.05, 3.63) is 92.8 Å². The number of ether oxygens (including phenoxy) is 2. The Morgan fingerprint density at radius 3 is 2.53 bits per heavy atom. The third-order valence-corrected chi connectivity index (χ3v) is 6.58. The monoisotopic (exact) mass is 512 g/mol. The second-order valence-corrected chi connectivity index (χ2v) is 8.84. The van der Waals surface area contributed by atoms with Gasteiger partial charge in [0, 0.05) is 20.7 Å². The molecule has 0 unspecified atom stereocenters. The molecule has 1 heterocycles. The highest BCUT2D eigenvalue weighted by Gasteiger charge is 2.20. The average molecular weight is 513 g/mol. The van der Waals surface area contributed by atoms with Gasteiger partial charge in [0.25, 0.3) is 5.91 Å². The molecule has 0 fully saturated rings. The Kier molecular flexibility index (Phi) is 7.47. The smallest absolute Gasteiger partial charge is 0.355 e. The van der Waals surface area contributed by atoms with Gasteiger partial charge < -0.3 is 9.47 Å². The Bertz CT molecular complexity index is 1380. The first-order valence-corrected chi connectivity index (χ1v) is 11.8. The highest BCUT2D eigenvalue weighted by atomic mass is 35.5. The number of hydrogen-bond donors (Lipinski definition) is 1. The summed E-state index contributed by atoms with van der Waals surface area (Å²) in [5, 5.41) is 5.69. The molecule has 4 aromatic rings. The zero-order chi connectivity index (χ0) is 24.1. The zero-order valence-corrected chi connectivity index (χ0v) is 20.2. The summed E-state index contributed by atoms with van der Waals surface area (Å²) in [6.45, 7) is 2.18. The predicted molar refractivity (Wildman–Crippen MR) is 136 cm³/mol. The predicted octanol–water partition coefficient (Wildman–Crippen LogP) is 6.59. The number of rotatable bonds is 7. The summed E-state index contributed by atoms with van der Waals surface area (Å²) in [6, 6.07) is 18.9. The van der Waals surface area contributed by atoms with Crippen molar-refractivity contribution in [3.8, 4) is 11.5 Å². The van der Waals surface area contributed by atoms with Crippen LogP contribution in [0, 0.1) is 0 Å². The van der Waals surface area contributed by atoms with Crippen LogP contribution in [0.15, 0.2) is 71.8 Å². The van der Waals surface area contributed by atoms with E-state index in [4.69, 9.17) is 32.7 Å². The number of hydrazone groups is 1. The molecule has 1 N–H and O–H groups in total. The quantitative estimate of drug-likeness (QED) is 0.131. The van der Waals surface area contributed by atoms with Crippen molar-refractivity contribution >= 4 is 62.7 Å². The zero-order valence-electron chi connectivity index (χ0n) is 17.9. The van der Waals surface area contributed by atoms with Crippen molar-refractivity contribution < 1.29 is 19.1 Å². The van der Waals surface area contributed by atoms with Crippen molar-refractivity contribution in [3.63, 3.8) is 0 Å². The molecule has 34 heavy (non-hydrogen) atoms. The first-order chi connectivity index (χ1) is 16.5. The van der Waals surface area contributed by atoms with Gasteiger partial charge in [0.05, 0.1) is 17.8 Å². The molecule has 0 saturated carbocycles. The number of nitrogens with zero attached hydrogens (tertiary/aromatic N) is 1. The van der Waals surface area contributed by atoms with Crippen LogP contribution in [0.1, 0.15) is 32.5 Å². The minimum absolute atomic E-state index is 0.253. The standard InChI is InChI=1S/C25H18Cl2N2O4S/c1-2-32-20-13-15(14-28-29-24(30)16-8-10-17(26)11-9-16)7-12-19(20)33-25(31)23-22(27)18-5-3-4-6-21(18)34-23/h3-14H,2H2,1H3,(H,29,30)/b28-14-. The summed E-state index contributed by atoms with van der Waals surface area (Å²) in [5.74, 6) is -0.323. The Balaban J connectivity index is 1.49. The van der Waals surface area contributed by atoms with Crippen molar-refractivity contribution in [1.29, 1.82) is 0 Å². The van der Waals surface area contributed by atoms with Gasteiger partial charge in [-0.15, -0.1) is 11.3 Å². The fourth-order valence-electron chi connectivity index (χ4n) is 3.08. The molecule has 172 valence electrons. The Hall–Kier alpha value is -3.39. The van der Waals surface area contributed by atoms with E-state index in [-0.39, 0.29) is 11.7 Å². The van der Waals surface area contributed by atoms with E-state index in [1.165, 1.54) is 17.6 Å². The summed E-state index contributed by atoms with van der Waals surface area (Å²) >= 11 is 13.5. The van der Waals surface area contributed by atoms with Gasteiger partial charge in [0.15, 0.2) is 11.5 Å². The SMILES string of the molecule is CCOc1cc(/C=N\NC(=O)c2ccc(Cl)cc2)ccc1OC(=O)c1sc2ccccc2c1Cl. The normalized spacial score (nSPS) is 11.0. The van der Waals surface area contributed by atoms with Gasteiger partial charge in [-0.1, -0.05) is 41.4 Å². The van der Waals surface area contributed by atoms with Crippen LogP contribution in [0.25, 0.3) is 10.1 Å². The molecule has 0 aliphatic heterocycles. The number of nitrogens with one attached hydrogen (secondary N) is 1. The van der Waals surface area contributed by atoms with Crippen LogP contribution >= 0.6 is 34.5 Å². The molecule has 0 spiro atoms. The van der Waals surface area contributed by atoms with E-state index in [2.05, 4.69) is 10.5 Å². The maximum absolute atomic E-state index is 12.8. The fourth-order valence-corrected chi connectivity index (χ4v) is 4.59. The van der Waals surface area contributed by atoms with Crippen LogP contribution in [0.3, 0.4) is 0 Å². The fraction of sp³-hybridized carbons (Fsp3) is 0.0800. The van der Waals surface area contributed by atoms with Crippen LogP contribution < -0.4 is 14.9 Å². The number of fused-ring (bicyclic) bond motifs is 1. The third kappa shape index (κ3) is 5.39. The molecule has 0 bridgehead atoms. The van der Waals surface area contributed by atoms with Gasteiger partial charge in [-0.3, -0.25) is 4.79 Å². The molecule has 3 aromatic carbocycles. The highest BCUT2D eigenvalue weighted by molar-refractivity contribution is 7.21. The van der Waals surface area contributed by atoms with E-state index in [1.54, 1.807) is 42.5 Å². The van der Waals surface area contributed by atoms with Gasteiger partial charge in [-0.2, -0.15) is 5.10 Å². The maximum Gasteiger partial charge on any atom is 0.355 e. The molecule has 1 aromatic heterocycles. The second-order valence-electron chi connectivity index (χ2n) is 6.98. The molecular formula is C25H18Cl2N2O4S. The number of carbonyl (C=O) groups is 2. The van der Waals surface area contributed by atoms with Crippen LogP contribution in [0.4, 0.5) is 0 Å². The Morgan fingerprint density at radius 2 is 1.79 bits per heavy atom. The number of halogens is 2. The Morgan fingerprint density at radius 1 is 1.03 bits per heavy atom. The first kappa shape index (κ1) is 23.8. The van der Waals surface area contributed by atoms with Gasteiger partial charge in [0.1, 0.15) is 4.88 Å². The van der Waals surface area contributed by atoms with Crippen molar-refractivity contribution in [2.24, 2.45) is 5.10 Å². The van der Waals surface area contributed by atoms with E-state index in [9.17, 15) is 9.59 Å². The summed E-state index contributed by atoms with van der Waals surface area (Å²) in [5.41, 5.74) is 3.52. The molecule has 0 saturated heterocycles. The summed E-state index contributed by atoms with van der Waals surface area (Å²) in [7, 11) is 0. The molecule has 4 rings (SSSR count). The molecule has 0 aliphatic carbocycles. The number of hydrogen-bond acceptors (Lipinski definition) is 6. The first-order valence-electron chi connectivity index (χ1n) is 10.2. The maximum atomic E-state index is 12.8. The van der Waals surface area contributed by atoms with Gasteiger partial charge in [-0.05, 0) is 61.0 Å². The largest absolute Gasteiger partial charge is 0.490 e. The van der Waals surface area contributed by atoms with Crippen molar-refractivity contribution in [1.82, 2.24) is 5.43 Å². The minimum Gasteiger partial charge on any atom is -0.490 e. The number of amides is 1. The van der Waals surface area contributed by atoms with Gasteiger partial charge >= 0.3 is 5.97 Å².